The molecular weight excluding hydrogens is 230 g/mol. The van der Waals surface area contributed by atoms with Gasteiger partial charge >= 0.3 is 0 Å². The summed E-state index contributed by atoms with van der Waals surface area (Å²) in [5.41, 5.74) is 6.74. The van der Waals surface area contributed by atoms with Gasteiger partial charge in [0.1, 0.15) is 5.84 Å². The minimum absolute atomic E-state index is 0. The minimum Gasteiger partial charge on any atom is -0.386 e. The molecule has 3 nitrogen and oxygen atoms in total. The third kappa shape index (κ3) is 3.57. The molecule has 0 saturated carbocycles. The van der Waals surface area contributed by atoms with Gasteiger partial charge in [-0.15, -0.1) is 12.4 Å². The van der Waals surface area contributed by atoms with Crippen LogP contribution in [0.2, 0.25) is 0 Å². The molecule has 0 amide bonds. The van der Waals surface area contributed by atoms with Crippen LogP contribution in [0.15, 0.2) is 40.3 Å². The second kappa shape index (κ2) is 5.78. The summed E-state index contributed by atoms with van der Waals surface area (Å²) >= 11 is 1.59. The lowest BCUT2D eigenvalue weighted by Gasteiger charge is -1.95. The number of benzene rings is 1. The lowest BCUT2D eigenvalue weighted by molar-refractivity contribution is 1.07. The Morgan fingerprint density at radius 1 is 1.33 bits per heavy atom. The zero-order chi connectivity index (χ0) is 9.80. The van der Waals surface area contributed by atoms with E-state index in [0.29, 0.717) is 12.4 Å². The number of halogens is 1. The summed E-state index contributed by atoms with van der Waals surface area (Å²) < 4.78 is 0. The number of hydrogen-bond donors (Lipinski definition) is 1. The van der Waals surface area contributed by atoms with Gasteiger partial charge in [-0.05, 0) is 5.56 Å². The van der Waals surface area contributed by atoms with E-state index in [-0.39, 0.29) is 12.4 Å². The highest BCUT2D eigenvalue weighted by molar-refractivity contribution is 8.14. The Labute approximate surface area is 99.3 Å². The van der Waals surface area contributed by atoms with Gasteiger partial charge in [0, 0.05) is 0 Å². The molecule has 0 aromatic heterocycles. The smallest absolute Gasteiger partial charge is 0.185 e. The van der Waals surface area contributed by atoms with Gasteiger partial charge in [0.2, 0.25) is 0 Å². The van der Waals surface area contributed by atoms with Crippen LogP contribution in [0, 0.1) is 0 Å². The zero-order valence-electron chi connectivity index (χ0n) is 8.09. The molecule has 2 N–H and O–H groups in total. The van der Waals surface area contributed by atoms with Crippen molar-refractivity contribution >= 4 is 35.2 Å². The Kier molecular flexibility index (Phi) is 4.65. The van der Waals surface area contributed by atoms with Crippen LogP contribution < -0.4 is 5.73 Å². The van der Waals surface area contributed by atoms with Gasteiger partial charge in [-0.25, -0.2) is 4.99 Å². The Hall–Kier alpha value is -1.00. The fraction of sp³-hybridized carbons (Fsp3) is 0.200. The molecule has 0 radical (unpaired) electrons. The zero-order valence-corrected chi connectivity index (χ0v) is 9.72. The van der Waals surface area contributed by atoms with Crippen LogP contribution in [0.3, 0.4) is 0 Å². The lowest BCUT2D eigenvalue weighted by Crippen LogP contribution is -2.09. The summed E-state index contributed by atoms with van der Waals surface area (Å²) in [6.07, 6.45) is 0. The molecule has 5 heteroatoms. The van der Waals surface area contributed by atoms with Crippen LogP contribution in [0.1, 0.15) is 5.56 Å². The van der Waals surface area contributed by atoms with Gasteiger partial charge in [0.25, 0.3) is 0 Å². The van der Waals surface area contributed by atoms with Crippen LogP contribution in [-0.4, -0.2) is 16.8 Å². The van der Waals surface area contributed by atoms with Crippen LogP contribution in [0.5, 0.6) is 0 Å². The number of thioether (sulfide) groups is 1. The first-order valence-corrected chi connectivity index (χ1v) is 5.37. The predicted molar refractivity (Wildman–Crippen MR) is 68.9 cm³/mol. The maximum absolute atomic E-state index is 5.54. The second-order valence-electron chi connectivity index (χ2n) is 2.98. The average Bonchev–Trinajstić information content (AvgIpc) is 2.63. The molecule has 1 aliphatic heterocycles. The third-order valence-electron chi connectivity index (χ3n) is 1.83. The molecule has 1 aromatic rings. The molecule has 0 atom stereocenters. The summed E-state index contributed by atoms with van der Waals surface area (Å²) in [4.78, 5) is 8.47. The Morgan fingerprint density at radius 3 is 2.67 bits per heavy atom. The maximum Gasteiger partial charge on any atom is 0.185 e. The first kappa shape index (κ1) is 12.1. The highest BCUT2D eigenvalue weighted by Gasteiger charge is 2.08. The topological polar surface area (TPSA) is 50.7 Å². The number of aliphatic imine (C=N–C) groups is 2. The lowest BCUT2D eigenvalue weighted by atomic mass is 10.2. The van der Waals surface area contributed by atoms with Crippen molar-refractivity contribution < 1.29 is 0 Å². The van der Waals surface area contributed by atoms with E-state index in [0.717, 1.165) is 10.9 Å². The molecule has 0 spiro atoms. The fourth-order valence-electron chi connectivity index (χ4n) is 1.15. The molecule has 0 aliphatic carbocycles. The molecule has 1 heterocycles. The van der Waals surface area contributed by atoms with Gasteiger partial charge in [-0.3, -0.25) is 4.99 Å². The number of hydrogen-bond acceptors (Lipinski definition) is 3. The van der Waals surface area contributed by atoms with Crippen LogP contribution in [0.25, 0.3) is 0 Å². The maximum atomic E-state index is 5.54. The molecule has 0 saturated heterocycles. The SMILES string of the molecule is Cl.NC1=NC(=NCc2ccccc2)SC1. The summed E-state index contributed by atoms with van der Waals surface area (Å²) in [5.74, 6) is 1.44. The van der Waals surface area contributed by atoms with Gasteiger partial charge in [-0.2, -0.15) is 0 Å². The largest absolute Gasteiger partial charge is 0.386 e. The summed E-state index contributed by atoms with van der Waals surface area (Å²) in [6.45, 7) is 0.681. The van der Waals surface area contributed by atoms with Crippen molar-refractivity contribution in [2.75, 3.05) is 5.75 Å². The number of rotatable bonds is 2. The van der Waals surface area contributed by atoms with E-state index >= 15 is 0 Å². The van der Waals surface area contributed by atoms with E-state index in [9.17, 15) is 0 Å². The van der Waals surface area contributed by atoms with Gasteiger partial charge < -0.3 is 5.73 Å². The second-order valence-corrected chi connectivity index (χ2v) is 3.92. The van der Waals surface area contributed by atoms with Crippen LogP contribution >= 0.6 is 24.2 Å². The molecule has 1 aliphatic rings. The fourth-order valence-corrected chi connectivity index (χ4v) is 1.83. The van der Waals surface area contributed by atoms with E-state index in [2.05, 4.69) is 22.1 Å². The number of nitrogens with two attached hydrogens (primary N) is 1. The molecule has 15 heavy (non-hydrogen) atoms. The quantitative estimate of drug-likeness (QED) is 0.862. The summed E-state index contributed by atoms with van der Waals surface area (Å²) in [6, 6.07) is 10.1. The standard InChI is InChI=1S/C10H11N3S.ClH/c11-9-7-14-10(13-9)12-6-8-4-2-1-3-5-8;/h1-5H,6-7H2,(H2,11,12,13);1H. The highest BCUT2D eigenvalue weighted by atomic mass is 35.5. The van der Waals surface area contributed by atoms with Gasteiger partial charge in [0.15, 0.2) is 5.17 Å². The molecular formula is C10H12ClN3S. The highest BCUT2D eigenvalue weighted by Crippen LogP contribution is 2.13. The van der Waals surface area contributed by atoms with E-state index in [1.807, 2.05) is 18.2 Å². The van der Waals surface area contributed by atoms with Crippen molar-refractivity contribution in [1.29, 1.82) is 0 Å². The average molecular weight is 242 g/mol. The van der Waals surface area contributed by atoms with Gasteiger partial charge in [0.05, 0.1) is 12.3 Å². The molecule has 0 unspecified atom stereocenters. The van der Waals surface area contributed by atoms with Crippen molar-refractivity contribution in [3.63, 3.8) is 0 Å². The van der Waals surface area contributed by atoms with E-state index in [4.69, 9.17) is 5.73 Å². The van der Waals surface area contributed by atoms with E-state index < -0.39 is 0 Å². The number of amidine groups is 2. The van der Waals surface area contributed by atoms with Crippen molar-refractivity contribution in [1.82, 2.24) is 0 Å². The Balaban J connectivity index is 0.00000112. The Morgan fingerprint density at radius 2 is 2.07 bits per heavy atom. The molecule has 80 valence electrons. The van der Waals surface area contributed by atoms with E-state index in [1.54, 1.807) is 11.8 Å². The third-order valence-corrected chi connectivity index (χ3v) is 2.75. The minimum atomic E-state index is 0. The first-order chi connectivity index (χ1) is 6.84. The van der Waals surface area contributed by atoms with Crippen molar-refractivity contribution in [3.05, 3.63) is 35.9 Å². The van der Waals surface area contributed by atoms with Crippen molar-refractivity contribution in [3.8, 4) is 0 Å². The molecule has 2 rings (SSSR count). The normalized spacial score (nSPS) is 17.3. The monoisotopic (exact) mass is 241 g/mol. The van der Waals surface area contributed by atoms with Crippen LogP contribution in [-0.2, 0) is 6.54 Å². The van der Waals surface area contributed by atoms with Gasteiger partial charge in [-0.1, -0.05) is 42.1 Å². The van der Waals surface area contributed by atoms with Crippen molar-refractivity contribution in [2.45, 2.75) is 6.54 Å². The predicted octanol–water partition coefficient (Wildman–Crippen LogP) is 2.07. The van der Waals surface area contributed by atoms with E-state index in [1.165, 1.54) is 5.56 Å². The molecule has 0 bridgehead atoms. The van der Waals surface area contributed by atoms with Crippen LogP contribution in [0.4, 0.5) is 0 Å². The van der Waals surface area contributed by atoms with Crippen molar-refractivity contribution in [2.24, 2.45) is 15.7 Å². The molecule has 1 aromatic carbocycles. The summed E-state index contributed by atoms with van der Waals surface area (Å²) in [7, 11) is 0. The number of nitrogens with zero attached hydrogens (tertiary/aromatic N) is 2. The first-order valence-electron chi connectivity index (χ1n) is 4.39. The molecule has 0 fully saturated rings. The Bertz CT molecular complexity index is 376. The summed E-state index contributed by atoms with van der Waals surface area (Å²) in [5, 5.41) is 0.798.